The minimum atomic E-state index is 0.383. The lowest BCUT2D eigenvalue weighted by Crippen LogP contribution is -2.44. The first-order valence-electron chi connectivity index (χ1n) is 6.72. The molecule has 0 aromatic heterocycles. The molecule has 3 nitrogen and oxygen atoms in total. The van der Waals surface area contributed by atoms with E-state index in [0.717, 1.165) is 26.1 Å². The first kappa shape index (κ1) is 13.9. The first-order chi connectivity index (χ1) is 7.63. The average molecular weight is 228 g/mol. The first-order valence-corrected chi connectivity index (χ1v) is 6.72. The summed E-state index contributed by atoms with van der Waals surface area (Å²) in [5, 5.41) is 3.58. The Morgan fingerprint density at radius 2 is 2.19 bits per heavy atom. The molecule has 1 rings (SSSR count). The summed E-state index contributed by atoms with van der Waals surface area (Å²) in [5.74, 6) is 0. The van der Waals surface area contributed by atoms with Gasteiger partial charge in [0.05, 0.1) is 6.10 Å². The summed E-state index contributed by atoms with van der Waals surface area (Å²) in [6.07, 6.45) is 2.75. The zero-order valence-electron chi connectivity index (χ0n) is 11.3. The predicted octanol–water partition coefficient (Wildman–Crippen LogP) is 1.87. The molecule has 1 saturated heterocycles. The molecule has 0 aromatic carbocycles. The molecule has 0 radical (unpaired) electrons. The maximum atomic E-state index is 5.67. The molecule has 1 N–H and O–H groups in total. The second-order valence-corrected chi connectivity index (χ2v) is 5.10. The molecule has 1 aliphatic heterocycles. The van der Waals surface area contributed by atoms with Crippen molar-refractivity contribution in [3.05, 3.63) is 0 Å². The van der Waals surface area contributed by atoms with E-state index in [1.54, 1.807) is 0 Å². The van der Waals surface area contributed by atoms with Crippen LogP contribution in [0.15, 0.2) is 0 Å². The van der Waals surface area contributed by atoms with Gasteiger partial charge in [0, 0.05) is 38.3 Å². The van der Waals surface area contributed by atoms with Gasteiger partial charge in [0.1, 0.15) is 0 Å². The van der Waals surface area contributed by atoms with Crippen LogP contribution in [0.1, 0.15) is 40.5 Å². The van der Waals surface area contributed by atoms with Gasteiger partial charge >= 0.3 is 0 Å². The molecule has 1 fully saturated rings. The van der Waals surface area contributed by atoms with Crippen molar-refractivity contribution in [1.29, 1.82) is 0 Å². The van der Waals surface area contributed by atoms with Crippen molar-refractivity contribution in [2.75, 3.05) is 26.2 Å². The van der Waals surface area contributed by atoms with Crippen LogP contribution < -0.4 is 5.32 Å². The van der Waals surface area contributed by atoms with E-state index in [4.69, 9.17) is 4.74 Å². The van der Waals surface area contributed by atoms with Crippen molar-refractivity contribution in [1.82, 2.24) is 10.2 Å². The topological polar surface area (TPSA) is 24.5 Å². The fourth-order valence-electron chi connectivity index (χ4n) is 2.07. The van der Waals surface area contributed by atoms with Gasteiger partial charge in [-0.05, 0) is 33.6 Å². The molecule has 0 spiro atoms. The zero-order chi connectivity index (χ0) is 12.0. The van der Waals surface area contributed by atoms with Crippen LogP contribution in [0.3, 0.4) is 0 Å². The summed E-state index contributed by atoms with van der Waals surface area (Å²) in [7, 11) is 0. The Hall–Kier alpha value is -0.120. The maximum Gasteiger partial charge on any atom is 0.0674 e. The van der Waals surface area contributed by atoms with Gasteiger partial charge < -0.3 is 10.1 Å². The highest BCUT2D eigenvalue weighted by molar-refractivity contribution is 4.75. The van der Waals surface area contributed by atoms with Crippen LogP contribution in [0.5, 0.6) is 0 Å². The summed E-state index contributed by atoms with van der Waals surface area (Å²) < 4.78 is 5.67. The van der Waals surface area contributed by atoms with E-state index in [1.165, 1.54) is 13.0 Å². The minimum Gasteiger partial charge on any atom is -0.377 e. The molecule has 16 heavy (non-hydrogen) atoms. The molecule has 3 atom stereocenters. The molecule has 0 aromatic rings. The van der Waals surface area contributed by atoms with Gasteiger partial charge in [-0.25, -0.2) is 0 Å². The van der Waals surface area contributed by atoms with Crippen molar-refractivity contribution in [3.8, 4) is 0 Å². The normalized spacial score (nSPS) is 27.4. The second kappa shape index (κ2) is 7.25. The molecule has 1 heterocycles. The third-order valence-corrected chi connectivity index (χ3v) is 3.48. The third kappa shape index (κ3) is 4.81. The van der Waals surface area contributed by atoms with Gasteiger partial charge in [0.2, 0.25) is 0 Å². The summed E-state index contributed by atoms with van der Waals surface area (Å²) >= 11 is 0. The Morgan fingerprint density at radius 3 is 2.88 bits per heavy atom. The lowest BCUT2D eigenvalue weighted by Gasteiger charge is -2.29. The van der Waals surface area contributed by atoms with Crippen molar-refractivity contribution < 1.29 is 4.74 Å². The Balaban J connectivity index is 2.30. The molecule has 1 aliphatic rings. The maximum absolute atomic E-state index is 5.67. The lowest BCUT2D eigenvalue weighted by molar-refractivity contribution is 0.0618. The monoisotopic (exact) mass is 228 g/mol. The molecule has 3 unspecified atom stereocenters. The quantitative estimate of drug-likeness (QED) is 0.777. The van der Waals surface area contributed by atoms with Gasteiger partial charge in [0.15, 0.2) is 0 Å². The van der Waals surface area contributed by atoms with E-state index in [-0.39, 0.29) is 0 Å². The van der Waals surface area contributed by atoms with Crippen LogP contribution in [0, 0.1) is 0 Å². The van der Waals surface area contributed by atoms with Gasteiger partial charge in [0.25, 0.3) is 0 Å². The Labute approximate surface area is 101 Å². The van der Waals surface area contributed by atoms with Gasteiger partial charge in [-0.15, -0.1) is 0 Å². The van der Waals surface area contributed by atoms with Crippen LogP contribution in [0.2, 0.25) is 0 Å². The largest absolute Gasteiger partial charge is 0.377 e. The number of nitrogens with zero attached hydrogens (tertiary/aromatic N) is 1. The number of rotatable bonds is 5. The number of nitrogens with one attached hydrogen (secondary N) is 1. The number of hydrogen-bond acceptors (Lipinski definition) is 3. The lowest BCUT2D eigenvalue weighted by atomic mass is 10.2. The van der Waals surface area contributed by atoms with E-state index in [0.29, 0.717) is 18.2 Å². The van der Waals surface area contributed by atoms with Gasteiger partial charge in [-0.3, -0.25) is 4.90 Å². The Kier molecular flexibility index (Phi) is 6.32. The average Bonchev–Trinajstić information content (AvgIpc) is 2.50. The van der Waals surface area contributed by atoms with E-state index >= 15 is 0 Å². The molecular formula is C13H28N2O. The van der Waals surface area contributed by atoms with Crippen LogP contribution in [0.25, 0.3) is 0 Å². The van der Waals surface area contributed by atoms with Crippen molar-refractivity contribution in [2.24, 2.45) is 0 Å². The predicted molar refractivity (Wildman–Crippen MR) is 68.8 cm³/mol. The van der Waals surface area contributed by atoms with Crippen LogP contribution in [0.4, 0.5) is 0 Å². The minimum absolute atomic E-state index is 0.383. The molecule has 96 valence electrons. The van der Waals surface area contributed by atoms with E-state index < -0.39 is 0 Å². The van der Waals surface area contributed by atoms with Crippen molar-refractivity contribution in [3.63, 3.8) is 0 Å². The molecule has 0 saturated carbocycles. The third-order valence-electron chi connectivity index (χ3n) is 3.48. The molecular weight excluding hydrogens is 200 g/mol. The van der Waals surface area contributed by atoms with Gasteiger partial charge in [-0.1, -0.05) is 6.92 Å². The van der Waals surface area contributed by atoms with Crippen molar-refractivity contribution in [2.45, 2.75) is 58.7 Å². The van der Waals surface area contributed by atoms with E-state index in [2.05, 4.69) is 37.9 Å². The molecule has 0 bridgehead atoms. The highest BCUT2D eigenvalue weighted by Gasteiger charge is 2.19. The van der Waals surface area contributed by atoms with E-state index in [9.17, 15) is 0 Å². The summed E-state index contributed by atoms with van der Waals surface area (Å²) in [6, 6.07) is 1.24. The second-order valence-electron chi connectivity index (χ2n) is 5.10. The van der Waals surface area contributed by atoms with Crippen molar-refractivity contribution >= 4 is 0 Å². The number of ether oxygens (including phenoxy) is 1. The van der Waals surface area contributed by atoms with Crippen LogP contribution in [-0.4, -0.2) is 49.3 Å². The van der Waals surface area contributed by atoms with Crippen LogP contribution >= 0.6 is 0 Å². The summed E-state index contributed by atoms with van der Waals surface area (Å²) in [6.45, 7) is 13.2. The number of hydrogen-bond donors (Lipinski definition) is 1. The smallest absolute Gasteiger partial charge is 0.0674 e. The highest BCUT2D eigenvalue weighted by Crippen LogP contribution is 2.08. The fraction of sp³-hybridized carbons (Fsp3) is 1.00. The van der Waals surface area contributed by atoms with Gasteiger partial charge in [-0.2, -0.15) is 0 Å². The van der Waals surface area contributed by atoms with E-state index in [1.807, 2.05) is 0 Å². The SMILES string of the molecule is CCC(C)NCC(C)N1CCCOC(C)C1. The fourth-order valence-corrected chi connectivity index (χ4v) is 2.07. The Bertz CT molecular complexity index is 187. The summed E-state index contributed by atoms with van der Waals surface area (Å²) in [5.41, 5.74) is 0. The molecule has 0 amide bonds. The molecule has 0 aliphatic carbocycles. The zero-order valence-corrected chi connectivity index (χ0v) is 11.3. The molecule has 3 heteroatoms. The highest BCUT2D eigenvalue weighted by atomic mass is 16.5. The van der Waals surface area contributed by atoms with Crippen LogP contribution in [-0.2, 0) is 4.74 Å². The Morgan fingerprint density at radius 1 is 1.44 bits per heavy atom. The standard InChI is InChI=1S/C13H28N2O/c1-5-11(2)14-9-12(3)15-7-6-8-16-13(4)10-15/h11-14H,5-10H2,1-4H3. The summed E-state index contributed by atoms with van der Waals surface area (Å²) in [4.78, 5) is 2.55.